The Balaban J connectivity index is 2.28. The molecular weight excluding hydrogens is 324 g/mol. The monoisotopic (exact) mass is 333 g/mol. The van der Waals surface area contributed by atoms with Crippen LogP contribution in [0.4, 0.5) is 4.39 Å². The summed E-state index contributed by atoms with van der Waals surface area (Å²) in [6, 6.07) is 5.60. The molecule has 2 rings (SSSR count). The minimum absolute atomic E-state index is 0.286. The van der Waals surface area contributed by atoms with Gasteiger partial charge in [0.1, 0.15) is 5.82 Å². The van der Waals surface area contributed by atoms with E-state index in [1.54, 1.807) is 18.2 Å². The molecule has 0 fully saturated rings. The molecule has 3 nitrogen and oxygen atoms in total. The number of nitrogens with zero attached hydrogens (tertiary/aromatic N) is 1. The standard InChI is InChI=1S/C13H11Cl3FN3/c14-8-2-1-7(11(17)5-8)3-12(20-18)13-10(16)4-9(15)6-19-13/h1-2,4-6,12,20H,3,18H2. The molecule has 2 aromatic rings. The summed E-state index contributed by atoms with van der Waals surface area (Å²) in [6.45, 7) is 0. The van der Waals surface area contributed by atoms with Crippen molar-refractivity contribution in [3.8, 4) is 0 Å². The first-order valence-corrected chi connectivity index (χ1v) is 6.85. The summed E-state index contributed by atoms with van der Waals surface area (Å²) in [5.41, 5.74) is 3.55. The minimum atomic E-state index is -0.435. The van der Waals surface area contributed by atoms with Gasteiger partial charge in [0.15, 0.2) is 0 Å². The summed E-state index contributed by atoms with van der Waals surface area (Å²) in [7, 11) is 0. The Hall–Kier alpha value is -0.910. The highest BCUT2D eigenvalue weighted by molar-refractivity contribution is 6.34. The summed E-state index contributed by atoms with van der Waals surface area (Å²) in [6.07, 6.45) is 1.75. The lowest BCUT2D eigenvalue weighted by molar-refractivity contribution is 0.519. The number of aromatic nitrogens is 1. The lowest BCUT2D eigenvalue weighted by Crippen LogP contribution is -2.30. The van der Waals surface area contributed by atoms with Gasteiger partial charge in [0, 0.05) is 11.2 Å². The molecule has 0 saturated carbocycles. The largest absolute Gasteiger partial charge is 0.271 e. The van der Waals surface area contributed by atoms with Crippen molar-refractivity contribution >= 4 is 34.8 Å². The summed E-state index contributed by atoms with van der Waals surface area (Å²) >= 11 is 17.6. The SMILES string of the molecule is NNC(Cc1ccc(Cl)cc1F)c1ncc(Cl)cc1Cl. The third-order valence-corrected chi connectivity index (χ3v) is 3.55. The van der Waals surface area contributed by atoms with Crippen molar-refractivity contribution < 1.29 is 4.39 Å². The van der Waals surface area contributed by atoms with E-state index in [0.717, 1.165) is 0 Å². The molecule has 1 heterocycles. The van der Waals surface area contributed by atoms with Crippen LogP contribution in [0.5, 0.6) is 0 Å². The predicted octanol–water partition coefficient (Wildman–Crippen LogP) is 3.93. The van der Waals surface area contributed by atoms with E-state index in [0.29, 0.717) is 26.3 Å². The van der Waals surface area contributed by atoms with E-state index < -0.39 is 11.9 Å². The number of hydrogen-bond donors (Lipinski definition) is 2. The molecule has 1 unspecified atom stereocenters. The van der Waals surface area contributed by atoms with Gasteiger partial charge in [-0.25, -0.2) is 4.39 Å². The Morgan fingerprint density at radius 1 is 1.20 bits per heavy atom. The number of benzene rings is 1. The Morgan fingerprint density at radius 3 is 2.55 bits per heavy atom. The van der Waals surface area contributed by atoms with Crippen molar-refractivity contribution in [1.29, 1.82) is 0 Å². The van der Waals surface area contributed by atoms with Gasteiger partial charge in [-0.1, -0.05) is 40.9 Å². The zero-order chi connectivity index (χ0) is 14.7. The normalized spacial score (nSPS) is 12.4. The number of hydrazine groups is 1. The van der Waals surface area contributed by atoms with E-state index in [1.807, 2.05) is 0 Å². The number of nitrogens with one attached hydrogen (secondary N) is 1. The average molecular weight is 335 g/mol. The summed E-state index contributed by atoms with van der Waals surface area (Å²) in [5.74, 6) is 5.11. The van der Waals surface area contributed by atoms with E-state index >= 15 is 0 Å². The lowest BCUT2D eigenvalue weighted by Gasteiger charge is -2.17. The van der Waals surface area contributed by atoms with Crippen LogP contribution in [0.25, 0.3) is 0 Å². The van der Waals surface area contributed by atoms with Crippen LogP contribution < -0.4 is 11.3 Å². The third-order valence-electron chi connectivity index (χ3n) is 2.81. The number of rotatable bonds is 4. The van der Waals surface area contributed by atoms with Gasteiger partial charge in [-0.2, -0.15) is 0 Å². The van der Waals surface area contributed by atoms with E-state index in [2.05, 4.69) is 10.4 Å². The van der Waals surface area contributed by atoms with Crippen LogP contribution in [0.3, 0.4) is 0 Å². The lowest BCUT2D eigenvalue weighted by atomic mass is 10.0. The topological polar surface area (TPSA) is 50.9 Å². The second-order valence-electron chi connectivity index (χ2n) is 4.18. The number of nitrogens with two attached hydrogens (primary N) is 1. The van der Waals surface area contributed by atoms with Crippen molar-refractivity contribution in [2.24, 2.45) is 5.84 Å². The maximum atomic E-state index is 13.8. The van der Waals surface area contributed by atoms with Crippen molar-refractivity contribution in [3.05, 3.63) is 62.6 Å². The Labute approximate surface area is 130 Å². The zero-order valence-electron chi connectivity index (χ0n) is 10.2. The average Bonchev–Trinajstić information content (AvgIpc) is 2.39. The van der Waals surface area contributed by atoms with Crippen LogP contribution in [-0.2, 0) is 6.42 Å². The quantitative estimate of drug-likeness (QED) is 0.658. The van der Waals surface area contributed by atoms with E-state index in [9.17, 15) is 4.39 Å². The van der Waals surface area contributed by atoms with Crippen LogP contribution >= 0.6 is 34.8 Å². The van der Waals surface area contributed by atoms with Gasteiger partial charge >= 0.3 is 0 Å². The molecule has 0 saturated heterocycles. The van der Waals surface area contributed by atoms with E-state index in [1.165, 1.54) is 12.3 Å². The minimum Gasteiger partial charge on any atom is -0.271 e. The van der Waals surface area contributed by atoms with Gasteiger partial charge in [-0.15, -0.1) is 0 Å². The first kappa shape index (κ1) is 15.5. The fourth-order valence-electron chi connectivity index (χ4n) is 1.82. The summed E-state index contributed by atoms with van der Waals surface area (Å²) < 4.78 is 13.8. The molecule has 20 heavy (non-hydrogen) atoms. The molecule has 1 atom stereocenters. The summed E-state index contributed by atoms with van der Waals surface area (Å²) in [5, 5.41) is 1.13. The molecule has 0 aliphatic heterocycles. The first-order chi connectivity index (χ1) is 9.51. The molecule has 7 heteroatoms. The van der Waals surface area contributed by atoms with Crippen LogP contribution in [-0.4, -0.2) is 4.98 Å². The van der Waals surface area contributed by atoms with Crippen molar-refractivity contribution in [3.63, 3.8) is 0 Å². The zero-order valence-corrected chi connectivity index (χ0v) is 12.5. The molecule has 1 aromatic heterocycles. The number of hydrogen-bond acceptors (Lipinski definition) is 3. The molecule has 1 aromatic carbocycles. The molecule has 0 spiro atoms. The van der Waals surface area contributed by atoms with Crippen LogP contribution in [0.2, 0.25) is 15.1 Å². The van der Waals surface area contributed by atoms with Gasteiger partial charge in [-0.3, -0.25) is 16.3 Å². The molecule has 0 aliphatic rings. The van der Waals surface area contributed by atoms with Gasteiger partial charge in [0.05, 0.1) is 21.8 Å². The fourth-order valence-corrected chi connectivity index (χ4v) is 2.49. The molecule has 106 valence electrons. The Bertz CT molecular complexity index is 622. The van der Waals surface area contributed by atoms with Gasteiger partial charge < -0.3 is 0 Å². The molecular formula is C13H11Cl3FN3. The summed E-state index contributed by atoms with van der Waals surface area (Å²) in [4.78, 5) is 4.14. The molecule has 0 aliphatic carbocycles. The Kier molecular flexibility index (Phi) is 5.18. The molecule has 3 N–H and O–H groups in total. The molecule has 0 radical (unpaired) electrons. The number of pyridine rings is 1. The van der Waals surface area contributed by atoms with Crippen molar-refractivity contribution in [1.82, 2.24) is 10.4 Å². The Morgan fingerprint density at radius 2 is 1.95 bits per heavy atom. The van der Waals surface area contributed by atoms with Crippen molar-refractivity contribution in [2.45, 2.75) is 12.5 Å². The smallest absolute Gasteiger partial charge is 0.127 e. The highest BCUT2D eigenvalue weighted by atomic mass is 35.5. The first-order valence-electron chi connectivity index (χ1n) is 5.72. The van der Waals surface area contributed by atoms with Crippen LogP contribution in [0.15, 0.2) is 30.5 Å². The van der Waals surface area contributed by atoms with Crippen LogP contribution in [0, 0.1) is 5.82 Å². The molecule has 0 amide bonds. The van der Waals surface area contributed by atoms with E-state index in [4.69, 9.17) is 40.6 Å². The second kappa shape index (κ2) is 6.70. The van der Waals surface area contributed by atoms with Gasteiger partial charge in [0.2, 0.25) is 0 Å². The fraction of sp³-hybridized carbons (Fsp3) is 0.154. The van der Waals surface area contributed by atoms with Crippen molar-refractivity contribution in [2.75, 3.05) is 0 Å². The van der Waals surface area contributed by atoms with Gasteiger partial charge in [0.25, 0.3) is 0 Å². The maximum Gasteiger partial charge on any atom is 0.127 e. The highest BCUT2D eigenvalue weighted by Crippen LogP contribution is 2.27. The van der Waals surface area contributed by atoms with E-state index in [-0.39, 0.29) is 6.42 Å². The molecule has 0 bridgehead atoms. The predicted molar refractivity (Wildman–Crippen MR) is 79.4 cm³/mol. The second-order valence-corrected chi connectivity index (χ2v) is 5.46. The number of halogens is 4. The van der Waals surface area contributed by atoms with Crippen LogP contribution in [0.1, 0.15) is 17.3 Å². The maximum absolute atomic E-state index is 13.8. The van der Waals surface area contributed by atoms with Gasteiger partial charge in [-0.05, 0) is 30.2 Å². The highest BCUT2D eigenvalue weighted by Gasteiger charge is 2.18. The third kappa shape index (κ3) is 3.59.